The number of nitrogens with one attached hydrogen (secondary N) is 1. The highest BCUT2D eigenvalue weighted by Gasteiger charge is 2.11. The average Bonchev–Trinajstić information content (AvgIpc) is 2.85. The van der Waals surface area contributed by atoms with E-state index >= 15 is 0 Å². The second-order valence-electron chi connectivity index (χ2n) is 4.43. The molecule has 1 aromatic carbocycles. The predicted octanol–water partition coefficient (Wildman–Crippen LogP) is 4.19. The van der Waals surface area contributed by atoms with Gasteiger partial charge in [-0.3, -0.25) is 4.79 Å². The summed E-state index contributed by atoms with van der Waals surface area (Å²) in [6.07, 6.45) is 0. The van der Waals surface area contributed by atoms with Gasteiger partial charge in [0.05, 0.1) is 0 Å². The van der Waals surface area contributed by atoms with E-state index in [-0.39, 0.29) is 11.8 Å². The zero-order chi connectivity index (χ0) is 14.5. The van der Waals surface area contributed by atoms with Gasteiger partial charge in [-0.05, 0) is 17.7 Å². The van der Waals surface area contributed by atoms with Crippen LogP contribution < -0.4 is 5.32 Å². The average molecular weight is 372 g/mol. The van der Waals surface area contributed by atoms with E-state index in [1.54, 1.807) is 11.8 Å². The first-order valence-electron chi connectivity index (χ1n) is 6.06. The lowest BCUT2D eigenvalue weighted by Crippen LogP contribution is -2.17. The van der Waals surface area contributed by atoms with Gasteiger partial charge >= 0.3 is 0 Å². The summed E-state index contributed by atoms with van der Waals surface area (Å²) >= 11 is 6.43. The molecular weight excluding hydrogens is 358 g/mol. The Morgan fingerprint density at radius 1 is 1.35 bits per heavy atom. The molecular formula is C13H14BrN3OS2. The van der Waals surface area contributed by atoms with Crippen LogP contribution in [0.4, 0.5) is 5.13 Å². The maximum Gasteiger partial charge on any atom is 0.228 e. The molecule has 4 nitrogen and oxygen atoms in total. The number of aromatic nitrogens is 2. The zero-order valence-electron chi connectivity index (χ0n) is 11.1. The molecule has 0 fully saturated rings. The molecule has 0 saturated carbocycles. The van der Waals surface area contributed by atoms with Gasteiger partial charge in [-0.2, -0.15) is 0 Å². The summed E-state index contributed by atoms with van der Waals surface area (Å²) in [5.74, 6) is 0.739. The molecule has 1 heterocycles. The van der Waals surface area contributed by atoms with Crippen LogP contribution in [0.15, 0.2) is 33.1 Å². The lowest BCUT2D eigenvalue weighted by atomic mass is 10.2. The van der Waals surface area contributed by atoms with Crippen LogP contribution >= 0.6 is 39.0 Å². The Morgan fingerprint density at radius 2 is 2.05 bits per heavy atom. The van der Waals surface area contributed by atoms with Crippen molar-refractivity contribution in [3.63, 3.8) is 0 Å². The number of carbonyl (C=O) groups excluding carboxylic acids is 1. The Morgan fingerprint density at radius 3 is 2.70 bits per heavy atom. The molecule has 1 N–H and O–H groups in total. The third-order valence-electron chi connectivity index (χ3n) is 2.44. The van der Waals surface area contributed by atoms with Gasteiger partial charge in [0.2, 0.25) is 11.0 Å². The van der Waals surface area contributed by atoms with Crippen LogP contribution in [-0.2, 0) is 10.5 Å². The van der Waals surface area contributed by atoms with Crippen molar-refractivity contribution >= 4 is 50.1 Å². The highest BCUT2D eigenvalue weighted by molar-refractivity contribution is 9.10. The molecule has 0 aliphatic rings. The number of halogens is 1. The monoisotopic (exact) mass is 371 g/mol. The van der Waals surface area contributed by atoms with E-state index in [1.807, 2.05) is 26.0 Å². The number of nitrogens with zero attached hydrogens (tertiary/aromatic N) is 2. The Hall–Kier alpha value is -0.920. The Labute approximate surface area is 134 Å². The molecule has 2 rings (SSSR count). The summed E-state index contributed by atoms with van der Waals surface area (Å²) in [6.45, 7) is 3.69. The Balaban J connectivity index is 1.89. The van der Waals surface area contributed by atoms with Gasteiger partial charge in [0.25, 0.3) is 0 Å². The number of amides is 1. The first kappa shape index (κ1) is 15.5. The van der Waals surface area contributed by atoms with Gasteiger partial charge in [-0.15, -0.1) is 10.2 Å². The first-order valence-corrected chi connectivity index (χ1v) is 8.65. The van der Waals surface area contributed by atoms with Gasteiger partial charge in [0.15, 0.2) is 4.34 Å². The molecule has 0 bridgehead atoms. The quantitative estimate of drug-likeness (QED) is 0.632. The van der Waals surface area contributed by atoms with Crippen LogP contribution in [-0.4, -0.2) is 16.1 Å². The van der Waals surface area contributed by atoms with E-state index in [2.05, 4.69) is 43.6 Å². The lowest BCUT2D eigenvalue weighted by Gasteiger charge is -2.02. The van der Waals surface area contributed by atoms with Crippen molar-refractivity contribution in [2.45, 2.75) is 23.9 Å². The van der Waals surface area contributed by atoms with Crippen molar-refractivity contribution < 1.29 is 4.79 Å². The maximum absolute atomic E-state index is 11.5. The summed E-state index contributed by atoms with van der Waals surface area (Å²) < 4.78 is 1.92. The molecule has 0 aliphatic carbocycles. The molecule has 2 aromatic rings. The van der Waals surface area contributed by atoms with Gasteiger partial charge in [0, 0.05) is 16.1 Å². The van der Waals surface area contributed by atoms with Gasteiger partial charge < -0.3 is 5.32 Å². The summed E-state index contributed by atoms with van der Waals surface area (Å²) in [5, 5.41) is 11.4. The minimum absolute atomic E-state index is 0.0365. The first-order chi connectivity index (χ1) is 9.54. The zero-order valence-corrected chi connectivity index (χ0v) is 14.3. The molecule has 0 radical (unpaired) electrons. The Kier molecular flexibility index (Phi) is 5.56. The molecule has 20 heavy (non-hydrogen) atoms. The van der Waals surface area contributed by atoms with E-state index in [9.17, 15) is 4.79 Å². The van der Waals surface area contributed by atoms with E-state index in [0.717, 1.165) is 14.6 Å². The molecule has 0 spiro atoms. The van der Waals surface area contributed by atoms with Crippen LogP contribution in [0.1, 0.15) is 19.4 Å². The maximum atomic E-state index is 11.5. The van der Waals surface area contributed by atoms with E-state index in [0.29, 0.717) is 5.13 Å². The van der Waals surface area contributed by atoms with E-state index < -0.39 is 0 Å². The molecule has 0 unspecified atom stereocenters. The van der Waals surface area contributed by atoms with Crippen molar-refractivity contribution in [1.82, 2.24) is 10.2 Å². The number of rotatable bonds is 5. The molecule has 7 heteroatoms. The highest BCUT2D eigenvalue weighted by Crippen LogP contribution is 2.28. The van der Waals surface area contributed by atoms with Crippen molar-refractivity contribution in [3.05, 3.63) is 34.3 Å². The highest BCUT2D eigenvalue weighted by atomic mass is 79.9. The second kappa shape index (κ2) is 7.19. The molecule has 1 amide bonds. The van der Waals surface area contributed by atoms with E-state index in [4.69, 9.17) is 0 Å². The van der Waals surface area contributed by atoms with Crippen LogP contribution in [0.3, 0.4) is 0 Å². The molecule has 0 atom stereocenters. The molecule has 0 saturated heterocycles. The van der Waals surface area contributed by atoms with Crippen LogP contribution in [0.25, 0.3) is 0 Å². The number of benzene rings is 1. The van der Waals surface area contributed by atoms with Crippen LogP contribution in [0.2, 0.25) is 0 Å². The SMILES string of the molecule is CC(C)C(=O)Nc1nnc(SCc2ccc(Br)cc2)s1. The summed E-state index contributed by atoms with van der Waals surface area (Å²) in [6, 6.07) is 8.17. The smallest absolute Gasteiger partial charge is 0.228 e. The van der Waals surface area contributed by atoms with E-state index in [1.165, 1.54) is 16.9 Å². The van der Waals surface area contributed by atoms with Crippen molar-refractivity contribution in [2.24, 2.45) is 5.92 Å². The number of hydrogen-bond acceptors (Lipinski definition) is 5. The predicted molar refractivity (Wildman–Crippen MR) is 87.1 cm³/mol. The van der Waals surface area contributed by atoms with Crippen LogP contribution in [0, 0.1) is 5.92 Å². The van der Waals surface area contributed by atoms with Gasteiger partial charge in [-0.25, -0.2) is 0 Å². The number of carbonyl (C=O) groups is 1. The molecule has 0 aliphatic heterocycles. The summed E-state index contributed by atoms with van der Waals surface area (Å²) in [5.41, 5.74) is 1.22. The minimum atomic E-state index is -0.0576. The van der Waals surface area contributed by atoms with Crippen molar-refractivity contribution in [2.75, 3.05) is 5.32 Å². The second-order valence-corrected chi connectivity index (χ2v) is 7.55. The fourth-order valence-electron chi connectivity index (χ4n) is 1.29. The molecule has 1 aromatic heterocycles. The fourth-order valence-corrected chi connectivity index (χ4v) is 3.27. The Bertz CT molecular complexity index is 584. The number of anilines is 1. The fraction of sp³-hybridized carbons (Fsp3) is 0.308. The molecule has 106 valence electrons. The van der Waals surface area contributed by atoms with Crippen LogP contribution in [0.5, 0.6) is 0 Å². The third kappa shape index (κ3) is 4.57. The standard InChI is InChI=1S/C13H14BrN3OS2/c1-8(2)11(18)15-12-16-17-13(20-12)19-7-9-3-5-10(14)6-4-9/h3-6,8H,7H2,1-2H3,(H,15,16,18). The summed E-state index contributed by atoms with van der Waals surface area (Å²) in [4.78, 5) is 11.5. The minimum Gasteiger partial charge on any atom is -0.300 e. The van der Waals surface area contributed by atoms with Gasteiger partial charge in [0.1, 0.15) is 0 Å². The third-order valence-corrected chi connectivity index (χ3v) is 5.01. The lowest BCUT2D eigenvalue weighted by molar-refractivity contribution is -0.118. The number of hydrogen-bond donors (Lipinski definition) is 1. The number of thioether (sulfide) groups is 1. The normalized spacial score (nSPS) is 10.8. The van der Waals surface area contributed by atoms with Crippen molar-refractivity contribution in [1.29, 1.82) is 0 Å². The van der Waals surface area contributed by atoms with Gasteiger partial charge in [-0.1, -0.05) is 65.0 Å². The topological polar surface area (TPSA) is 54.9 Å². The van der Waals surface area contributed by atoms with Crippen molar-refractivity contribution in [3.8, 4) is 0 Å². The largest absolute Gasteiger partial charge is 0.300 e. The summed E-state index contributed by atoms with van der Waals surface area (Å²) in [7, 11) is 0.